The van der Waals surface area contributed by atoms with Crippen molar-refractivity contribution < 1.29 is 8.78 Å². The highest BCUT2D eigenvalue weighted by atomic mass is 19.3. The van der Waals surface area contributed by atoms with Crippen LogP contribution in [0.15, 0.2) is 36.7 Å². The van der Waals surface area contributed by atoms with Gasteiger partial charge in [0, 0.05) is 13.2 Å². The fraction of sp³-hybridized carbons (Fsp3) is 0.333. The maximum Gasteiger partial charge on any atom is 0.257 e. The molecule has 0 bridgehead atoms. The largest absolute Gasteiger partial charge is 0.373 e. The van der Waals surface area contributed by atoms with E-state index < -0.39 is 13.0 Å². The zero-order valence-electron chi connectivity index (χ0n) is 12.4. The number of aryl methyl sites for hydroxylation is 1. The number of hydrogen-bond acceptors (Lipinski definition) is 3. The first-order valence-electron chi connectivity index (χ1n) is 7.03. The van der Waals surface area contributed by atoms with E-state index in [-0.39, 0.29) is 6.04 Å². The predicted octanol–water partition coefficient (Wildman–Crippen LogP) is 3.21. The van der Waals surface area contributed by atoms with Gasteiger partial charge >= 0.3 is 0 Å². The summed E-state index contributed by atoms with van der Waals surface area (Å²) in [6.07, 6.45) is 0.706. The first-order chi connectivity index (χ1) is 10.5. The van der Waals surface area contributed by atoms with Crippen molar-refractivity contribution in [2.24, 2.45) is 7.05 Å². The van der Waals surface area contributed by atoms with E-state index in [2.05, 4.69) is 15.4 Å². The number of imidazole rings is 1. The number of para-hydroxylation sites is 2. The Balaban J connectivity index is 1.79. The lowest BCUT2D eigenvalue weighted by Crippen LogP contribution is -2.12. The average Bonchev–Trinajstić information content (AvgIpc) is 3.04. The van der Waals surface area contributed by atoms with Crippen LogP contribution < -0.4 is 5.32 Å². The van der Waals surface area contributed by atoms with Gasteiger partial charge < -0.3 is 9.88 Å². The van der Waals surface area contributed by atoms with Crippen molar-refractivity contribution in [1.29, 1.82) is 0 Å². The van der Waals surface area contributed by atoms with Crippen molar-refractivity contribution in [2.75, 3.05) is 5.32 Å². The van der Waals surface area contributed by atoms with E-state index in [1.54, 1.807) is 12.4 Å². The van der Waals surface area contributed by atoms with Gasteiger partial charge in [0.15, 0.2) is 0 Å². The monoisotopic (exact) mass is 305 g/mol. The van der Waals surface area contributed by atoms with Gasteiger partial charge in [0.05, 0.1) is 29.0 Å². The van der Waals surface area contributed by atoms with Crippen molar-refractivity contribution in [3.63, 3.8) is 0 Å². The lowest BCUT2D eigenvalue weighted by molar-refractivity contribution is 0.122. The molecule has 3 rings (SSSR count). The molecule has 0 radical (unpaired) electrons. The molecule has 1 aromatic carbocycles. The number of nitrogens with one attached hydrogen (secondary N) is 1. The van der Waals surface area contributed by atoms with Crippen LogP contribution in [-0.2, 0) is 13.6 Å². The Kier molecular flexibility index (Phi) is 3.79. The molecule has 22 heavy (non-hydrogen) atoms. The molecular weight excluding hydrogens is 288 g/mol. The van der Waals surface area contributed by atoms with Crippen molar-refractivity contribution in [3.05, 3.63) is 42.5 Å². The van der Waals surface area contributed by atoms with Crippen molar-refractivity contribution in [2.45, 2.75) is 25.9 Å². The minimum Gasteiger partial charge on any atom is -0.373 e. The third kappa shape index (κ3) is 2.79. The number of fused-ring (bicyclic) bond motifs is 1. The van der Waals surface area contributed by atoms with E-state index in [1.807, 2.05) is 42.8 Å². The SMILES string of the molecule is CC(Nc1cnn(CC(F)F)c1)c1nc2ccccc2n1C. The molecule has 1 N–H and O–H groups in total. The third-order valence-electron chi connectivity index (χ3n) is 3.55. The molecule has 0 aliphatic rings. The highest BCUT2D eigenvalue weighted by molar-refractivity contribution is 5.76. The summed E-state index contributed by atoms with van der Waals surface area (Å²) in [5.41, 5.74) is 2.68. The van der Waals surface area contributed by atoms with E-state index in [0.717, 1.165) is 16.9 Å². The number of anilines is 1. The second-order valence-corrected chi connectivity index (χ2v) is 5.23. The first kappa shape index (κ1) is 14.5. The molecule has 116 valence electrons. The normalized spacial score (nSPS) is 13.0. The standard InChI is InChI=1S/C15H17F2N5/c1-10(19-11-7-18-22(8-11)9-14(16)17)15-20-12-5-3-4-6-13(12)21(15)2/h3-8,10,14,19H,9H2,1-2H3. The summed E-state index contributed by atoms with van der Waals surface area (Å²) in [6, 6.07) is 7.83. The van der Waals surface area contributed by atoms with E-state index in [1.165, 1.54) is 4.68 Å². The number of aromatic nitrogens is 4. The van der Waals surface area contributed by atoms with Gasteiger partial charge in [-0.2, -0.15) is 5.10 Å². The summed E-state index contributed by atoms with van der Waals surface area (Å²) >= 11 is 0. The molecule has 0 fully saturated rings. The molecule has 2 heterocycles. The highest BCUT2D eigenvalue weighted by Gasteiger charge is 2.15. The fourth-order valence-electron chi connectivity index (χ4n) is 2.55. The van der Waals surface area contributed by atoms with Crippen LogP contribution in [0.2, 0.25) is 0 Å². The Morgan fingerprint density at radius 1 is 1.27 bits per heavy atom. The van der Waals surface area contributed by atoms with Crippen LogP contribution in [0, 0.1) is 0 Å². The number of alkyl halides is 2. The molecule has 1 atom stereocenters. The average molecular weight is 305 g/mol. The van der Waals surface area contributed by atoms with Gasteiger partial charge in [-0.1, -0.05) is 12.1 Å². The first-order valence-corrected chi connectivity index (χ1v) is 7.03. The molecule has 2 aromatic heterocycles. The van der Waals surface area contributed by atoms with Crippen molar-refractivity contribution in [1.82, 2.24) is 19.3 Å². The van der Waals surface area contributed by atoms with E-state index in [4.69, 9.17) is 0 Å². The highest BCUT2D eigenvalue weighted by Crippen LogP contribution is 2.22. The second kappa shape index (κ2) is 5.75. The summed E-state index contributed by atoms with van der Waals surface area (Å²) in [7, 11) is 1.96. The lowest BCUT2D eigenvalue weighted by Gasteiger charge is -2.13. The molecule has 1 unspecified atom stereocenters. The topological polar surface area (TPSA) is 47.7 Å². The Morgan fingerprint density at radius 3 is 2.77 bits per heavy atom. The Hall–Kier alpha value is -2.44. The van der Waals surface area contributed by atoms with Crippen molar-refractivity contribution in [3.8, 4) is 0 Å². The summed E-state index contributed by atoms with van der Waals surface area (Å²) in [5, 5.41) is 7.16. The summed E-state index contributed by atoms with van der Waals surface area (Å²) in [4.78, 5) is 4.62. The van der Waals surface area contributed by atoms with Gasteiger partial charge in [-0.25, -0.2) is 13.8 Å². The maximum atomic E-state index is 12.3. The molecule has 0 saturated heterocycles. The fourth-order valence-corrected chi connectivity index (χ4v) is 2.55. The van der Waals surface area contributed by atoms with Gasteiger partial charge in [0.25, 0.3) is 6.43 Å². The zero-order chi connectivity index (χ0) is 15.7. The van der Waals surface area contributed by atoms with Gasteiger partial charge in [-0.3, -0.25) is 4.68 Å². The van der Waals surface area contributed by atoms with Gasteiger partial charge in [-0.05, 0) is 19.1 Å². The number of halogens is 2. The summed E-state index contributed by atoms with van der Waals surface area (Å²) < 4.78 is 27.9. The van der Waals surface area contributed by atoms with Crippen LogP contribution in [0.4, 0.5) is 14.5 Å². The second-order valence-electron chi connectivity index (χ2n) is 5.23. The van der Waals surface area contributed by atoms with E-state index in [9.17, 15) is 8.78 Å². The van der Waals surface area contributed by atoms with Gasteiger partial charge in [0.2, 0.25) is 0 Å². The molecule has 0 aliphatic carbocycles. The molecule has 0 spiro atoms. The molecule has 0 saturated carbocycles. The number of nitrogens with zero attached hydrogens (tertiary/aromatic N) is 4. The van der Waals surface area contributed by atoms with Gasteiger partial charge in [-0.15, -0.1) is 0 Å². The quantitative estimate of drug-likeness (QED) is 0.787. The Bertz CT molecular complexity index is 777. The van der Waals surface area contributed by atoms with Crippen LogP contribution in [0.5, 0.6) is 0 Å². The predicted molar refractivity (Wildman–Crippen MR) is 81.0 cm³/mol. The van der Waals surface area contributed by atoms with Crippen LogP contribution >= 0.6 is 0 Å². The molecular formula is C15H17F2N5. The van der Waals surface area contributed by atoms with Crippen LogP contribution in [0.3, 0.4) is 0 Å². The third-order valence-corrected chi connectivity index (χ3v) is 3.55. The molecule has 0 aliphatic heterocycles. The number of rotatable bonds is 5. The van der Waals surface area contributed by atoms with Crippen LogP contribution in [0.1, 0.15) is 18.8 Å². The Morgan fingerprint density at radius 2 is 2.05 bits per heavy atom. The minimum absolute atomic E-state index is 0.0680. The molecule has 5 nitrogen and oxygen atoms in total. The van der Waals surface area contributed by atoms with Gasteiger partial charge in [0.1, 0.15) is 12.4 Å². The molecule has 7 heteroatoms. The maximum absolute atomic E-state index is 12.3. The summed E-state index contributed by atoms with van der Waals surface area (Å²) in [5.74, 6) is 0.878. The van der Waals surface area contributed by atoms with Crippen molar-refractivity contribution >= 4 is 16.7 Å². The van der Waals surface area contributed by atoms with E-state index in [0.29, 0.717) is 5.69 Å². The van der Waals surface area contributed by atoms with E-state index >= 15 is 0 Å². The molecule has 3 aromatic rings. The lowest BCUT2D eigenvalue weighted by atomic mass is 10.3. The number of benzene rings is 1. The number of hydrogen-bond donors (Lipinski definition) is 1. The molecule has 0 amide bonds. The van der Waals surface area contributed by atoms with Crippen LogP contribution in [0.25, 0.3) is 11.0 Å². The minimum atomic E-state index is -2.41. The van der Waals surface area contributed by atoms with Crippen LogP contribution in [-0.4, -0.2) is 25.8 Å². The summed E-state index contributed by atoms with van der Waals surface area (Å²) in [6.45, 7) is 1.58. The zero-order valence-corrected chi connectivity index (χ0v) is 12.4. The Labute approximate surface area is 126 Å². The smallest absolute Gasteiger partial charge is 0.257 e.